The Kier molecular flexibility index (Phi) is 6.74. The van der Waals surface area contributed by atoms with E-state index in [-0.39, 0.29) is 23.1 Å². The summed E-state index contributed by atoms with van der Waals surface area (Å²) < 4.78 is 22.8. The third kappa shape index (κ3) is 4.32. The van der Waals surface area contributed by atoms with Gasteiger partial charge in [0.05, 0.1) is 34.2 Å². The molecule has 3 aromatic rings. The standard InChI is InChI=1S/C20H25N7O8/c1-32-9-4-8(5-10(33-2)15(9)34-3)6-22-26-20-23-12-16(24-19(21)25-17(12)31)27(20)18-14(30)13(29)11(7-28)35-18/h4-6,11,13-14,18,28-30H,7H2,1-3H3,(H,23,26)(H3,21,24,25,31). The van der Waals surface area contributed by atoms with Crippen LogP contribution < -0.4 is 30.9 Å². The normalized spacial score (nSPS) is 22.1. The van der Waals surface area contributed by atoms with Crippen molar-refractivity contribution in [1.29, 1.82) is 0 Å². The highest BCUT2D eigenvalue weighted by Gasteiger charge is 2.45. The Morgan fingerprint density at radius 1 is 1.20 bits per heavy atom. The quantitative estimate of drug-likeness (QED) is 0.162. The third-order valence-electron chi connectivity index (χ3n) is 5.41. The lowest BCUT2D eigenvalue weighted by atomic mass is 10.1. The first kappa shape index (κ1) is 24.2. The number of ether oxygens (including phenoxy) is 4. The van der Waals surface area contributed by atoms with E-state index in [1.807, 2.05) is 0 Å². The number of hydrazone groups is 1. The summed E-state index contributed by atoms with van der Waals surface area (Å²) in [6.07, 6.45) is -3.75. The average Bonchev–Trinajstić information content (AvgIpc) is 3.34. The highest BCUT2D eigenvalue weighted by Crippen LogP contribution is 2.38. The number of nitrogens with two attached hydrogens (primary N) is 1. The fourth-order valence-corrected chi connectivity index (χ4v) is 3.75. The van der Waals surface area contributed by atoms with Crippen molar-refractivity contribution in [3.8, 4) is 17.2 Å². The van der Waals surface area contributed by atoms with Crippen LogP contribution in [-0.4, -0.2) is 87.3 Å². The van der Waals surface area contributed by atoms with Crippen LogP contribution in [0.1, 0.15) is 11.8 Å². The number of fused-ring (bicyclic) bond motifs is 1. The Balaban J connectivity index is 1.74. The Morgan fingerprint density at radius 3 is 2.46 bits per heavy atom. The molecule has 15 nitrogen and oxygen atoms in total. The number of benzene rings is 1. The number of imidazole rings is 1. The van der Waals surface area contributed by atoms with E-state index in [9.17, 15) is 20.1 Å². The van der Waals surface area contributed by atoms with Gasteiger partial charge >= 0.3 is 0 Å². The number of nitrogen functional groups attached to an aromatic ring is 1. The third-order valence-corrected chi connectivity index (χ3v) is 5.41. The van der Waals surface area contributed by atoms with E-state index in [1.165, 1.54) is 32.1 Å². The second-order valence-corrected chi connectivity index (χ2v) is 7.49. The summed E-state index contributed by atoms with van der Waals surface area (Å²) in [6.45, 7) is -0.542. The lowest BCUT2D eigenvalue weighted by Gasteiger charge is -2.18. The van der Waals surface area contributed by atoms with Crippen molar-refractivity contribution in [2.45, 2.75) is 24.5 Å². The molecule has 15 heteroatoms. The summed E-state index contributed by atoms with van der Waals surface area (Å²) in [5.74, 6) is 1.01. The number of hydrogen-bond donors (Lipinski definition) is 6. The number of aliphatic hydroxyl groups excluding tert-OH is 3. The molecule has 0 amide bonds. The summed E-state index contributed by atoms with van der Waals surface area (Å²) in [5, 5.41) is 34.3. The fourth-order valence-electron chi connectivity index (χ4n) is 3.75. The van der Waals surface area contributed by atoms with Crippen LogP contribution in [0.5, 0.6) is 17.2 Å². The predicted octanol–water partition coefficient (Wildman–Crippen LogP) is -1.21. The van der Waals surface area contributed by atoms with Gasteiger partial charge in [0.25, 0.3) is 5.56 Å². The molecule has 4 unspecified atom stereocenters. The highest BCUT2D eigenvalue weighted by molar-refractivity contribution is 5.83. The van der Waals surface area contributed by atoms with Gasteiger partial charge < -0.3 is 40.0 Å². The maximum Gasteiger partial charge on any atom is 0.280 e. The van der Waals surface area contributed by atoms with Crippen LogP contribution in [0, 0.1) is 0 Å². The second kappa shape index (κ2) is 9.75. The average molecular weight is 491 g/mol. The first-order valence-corrected chi connectivity index (χ1v) is 10.3. The van der Waals surface area contributed by atoms with Gasteiger partial charge in [-0.15, -0.1) is 0 Å². The summed E-state index contributed by atoms with van der Waals surface area (Å²) in [7, 11) is 4.45. The molecule has 1 aliphatic rings. The van der Waals surface area contributed by atoms with Gasteiger partial charge in [-0.2, -0.15) is 10.1 Å². The number of nitrogens with zero attached hydrogens (tertiary/aromatic N) is 4. The Labute approximate surface area is 197 Å². The molecule has 3 heterocycles. The molecule has 1 saturated heterocycles. The molecule has 1 aromatic carbocycles. The van der Waals surface area contributed by atoms with E-state index < -0.39 is 36.7 Å². The fraction of sp³-hybridized carbons (Fsp3) is 0.400. The number of anilines is 2. The van der Waals surface area contributed by atoms with Crippen LogP contribution in [0.15, 0.2) is 22.0 Å². The number of H-pyrrole nitrogens is 1. The molecule has 0 spiro atoms. The first-order chi connectivity index (χ1) is 16.8. The number of aromatic amines is 1. The summed E-state index contributed by atoms with van der Waals surface area (Å²) in [4.78, 5) is 23.0. The lowest BCUT2D eigenvalue weighted by molar-refractivity contribution is -0.0501. The SMILES string of the molecule is COc1cc(C=NNc2nc3c(=O)[nH]c(N)nc3n2C2OC(CO)C(O)C2O)cc(OC)c1OC. The molecule has 0 bridgehead atoms. The molecule has 35 heavy (non-hydrogen) atoms. The minimum atomic E-state index is -1.47. The second-order valence-electron chi connectivity index (χ2n) is 7.49. The molecule has 0 saturated carbocycles. The predicted molar refractivity (Wildman–Crippen MR) is 123 cm³/mol. The van der Waals surface area contributed by atoms with Gasteiger partial charge in [-0.25, -0.2) is 10.4 Å². The minimum Gasteiger partial charge on any atom is -0.493 e. The zero-order chi connectivity index (χ0) is 25.3. The maximum atomic E-state index is 12.4. The van der Waals surface area contributed by atoms with Crippen LogP contribution >= 0.6 is 0 Å². The van der Waals surface area contributed by atoms with Gasteiger partial charge in [-0.05, 0) is 12.1 Å². The summed E-state index contributed by atoms with van der Waals surface area (Å²) in [6, 6.07) is 3.32. The Morgan fingerprint density at radius 2 is 1.89 bits per heavy atom. The molecule has 4 atom stereocenters. The van der Waals surface area contributed by atoms with Crippen LogP contribution in [0.2, 0.25) is 0 Å². The van der Waals surface area contributed by atoms with E-state index in [2.05, 4.69) is 25.5 Å². The van der Waals surface area contributed by atoms with Gasteiger partial charge in [-0.1, -0.05) is 0 Å². The van der Waals surface area contributed by atoms with E-state index in [0.29, 0.717) is 22.8 Å². The topological polar surface area (TPSA) is 212 Å². The molecule has 0 radical (unpaired) electrons. The van der Waals surface area contributed by atoms with E-state index >= 15 is 0 Å². The zero-order valence-corrected chi connectivity index (χ0v) is 19.0. The van der Waals surface area contributed by atoms with Crippen molar-refractivity contribution in [3.63, 3.8) is 0 Å². The summed E-state index contributed by atoms with van der Waals surface area (Å²) >= 11 is 0. The number of rotatable bonds is 8. The molecule has 4 rings (SSSR count). The molecule has 2 aromatic heterocycles. The molecule has 1 fully saturated rings. The van der Waals surface area contributed by atoms with Crippen molar-refractivity contribution < 1.29 is 34.3 Å². The molecular formula is C20H25N7O8. The minimum absolute atomic E-state index is 0.0217. The van der Waals surface area contributed by atoms with E-state index in [1.54, 1.807) is 12.1 Å². The number of methoxy groups -OCH3 is 3. The van der Waals surface area contributed by atoms with Gasteiger partial charge in [0.15, 0.2) is 28.9 Å². The monoisotopic (exact) mass is 491 g/mol. The van der Waals surface area contributed by atoms with Crippen molar-refractivity contribution in [1.82, 2.24) is 19.5 Å². The smallest absolute Gasteiger partial charge is 0.280 e. The zero-order valence-electron chi connectivity index (χ0n) is 19.0. The Bertz CT molecular complexity index is 1280. The molecule has 188 valence electrons. The lowest BCUT2D eigenvalue weighted by Crippen LogP contribution is -2.33. The van der Waals surface area contributed by atoms with Gasteiger partial charge in [0.1, 0.15) is 18.3 Å². The molecule has 7 N–H and O–H groups in total. The molecule has 0 aliphatic carbocycles. The number of hydrogen-bond acceptors (Lipinski definition) is 13. The van der Waals surface area contributed by atoms with Crippen LogP contribution in [-0.2, 0) is 4.74 Å². The van der Waals surface area contributed by atoms with Gasteiger partial charge in [0.2, 0.25) is 17.6 Å². The van der Waals surface area contributed by atoms with Crippen LogP contribution in [0.25, 0.3) is 11.2 Å². The number of nitrogens with one attached hydrogen (secondary N) is 2. The highest BCUT2D eigenvalue weighted by atomic mass is 16.6. The van der Waals surface area contributed by atoms with Gasteiger partial charge in [-0.3, -0.25) is 14.3 Å². The summed E-state index contributed by atoms with van der Waals surface area (Å²) in [5.41, 5.74) is 8.18. The van der Waals surface area contributed by atoms with E-state index in [0.717, 1.165) is 0 Å². The Hall–Kier alpha value is -3.92. The van der Waals surface area contributed by atoms with Gasteiger partial charge in [0, 0.05) is 5.56 Å². The maximum absolute atomic E-state index is 12.4. The number of aromatic nitrogens is 4. The van der Waals surface area contributed by atoms with Crippen molar-refractivity contribution in [2.24, 2.45) is 5.10 Å². The van der Waals surface area contributed by atoms with Crippen LogP contribution in [0.3, 0.4) is 0 Å². The molecular weight excluding hydrogens is 466 g/mol. The first-order valence-electron chi connectivity index (χ1n) is 10.3. The number of aliphatic hydroxyl groups is 3. The molecule has 1 aliphatic heterocycles. The van der Waals surface area contributed by atoms with Crippen molar-refractivity contribution in [2.75, 3.05) is 39.1 Å². The van der Waals surface area contributed by atoms with Crippen LogP contribution in [0.4, 0.5) is 11.9 Å². The van der Waals surface area contributed by atoms with Crippen molar-refractivity contribution >= 4 is 29.3 Å². The largest absolute Gasteiger partial charge is 0.493 e. The van der Waals surface area contributed by atoms with Crippen molar-refractivity contribution in [3.05, 3.63) is 28.0 Å². The van der Waals surface area contributed by atoms with E-state index in [4.69, 9.17) is 24.7 Å².